The van der Waals surface area contributed by atoms with Crippen molar-refractivity contribution in [3.63, 3.8) is 0 Å². The molecule has 1 atom stereocenters. The Labute approximate surface area is 129 Å². The Hall–Kier alpha value is -2.32. The Bertz CT molecular complexity index is 652. The zero-order chi connectivity index (χ0) is 17.6. The molecule has 6 nitrogen and oxygen atoms in total. The topological polar surface area (TPSA) is 79.7 Å². The van der Waals surface area contributed by atoms with Crippen molar-refractivity contribution in [2.45, 2.75) is 45.1 Å². The third-order valence-electron chi connectivity index (χ3n) is 3.10. The summed E-state index contributed by atoms with van der Waals surface area (Å²) in [7, 11) is 0. The number of nitrogens with zero attached hydrogens (tertiary/aromatic N) is 2. The number of fused-ring (bicyclic) bond motifs is 1. The lowest BCUT2D eigenvalue weighted by Crippen LogP contribution is -2.41. The Morgan fingerprint density at radius 1 is 1.35 bits per heavy atom. The maximum atomic E-state index is 13.3. The van der Waals surface area contributed by atoms with Crippen LogP contribution in [0.5, 0.6) is 0 Å². The summed E-state index contributed by atoms with van der Waals surface area (Å²) in [5.74, 6) is -1.31. The molecule has 0 spiro atoms. The van der Waals surface area contributed by atoms with Crippen molar-refractivity contribution < 1.29 is 32.6 Å². The molecule has 2 rings (SSSR count). The first-order chi connectivity index (χ1) is 10.4. The number of aromatic carboxylic acids is 1. The number of carbonyl (C=O) groups is 2. The zero-order valence-corrected chi connectivity index (χ0v) is 12.6. The summed E-state index contributed by atoms with van der Waals surface area (Å²) in [6.07, 6.45) is -5.03. The minimum Gasteiger partial charge on any atom is -0.478 e. The molecule has 23 heavy (non-hydrogen) atoms. The Kier molecular flexibility index (Phi) is 4.00. The summed E-state index contributed by atoms with van der Waals surface area (Å²) in [4.78, 5) is 27.1. The Morgan fingerprint density at radius 3 is 2.43 bits per heavy atom. The number of aromatic nitrogens is 1. The third-order valence-corrected chi connectivity index (χ3v) is 3.10. The summed E-state index contributed by atoms with van der Waals surface area (Å²) in [6.45, 7) is 4.20. The normalized spacial score (nSPS) is 17.8. The van der Waals surface area contributed by atoms with Crippen LogP contribution in [0.15, 0.2) is 12.3 Å². The van der Waals surface area contributed by atoms with Gasteiger partial charge >= 0.3 is 18.2 Å². The molecule has 1 amide bonds. The van der Waals surface area contributed by atoms with Gasteiger partial charge in [-0.15, -0.1) is 0 Å². The molecule has 1 unspecified atom stereocenters. The smallest absolute Gasteiger partial charge is 0.414 e. The van der Waals surface area contributed by atoms with Crippen molar-refractivity contribution in [2.24, 2.45) is 0 Å². The van der Waals surface area contributed by atoms with Crippen LogP contribution in [0.1, 0.15) is 48.4 Å². The van der Waals surface area contributed by atoms with Gasteiger partial charge in [-0.1, -0.05) is 0 Å². The maximum Gasteiger partial charge on any atom is 0.414 e. The molecule has 1 aromatic rings. The number of carboxylic acid groups (broad SMARTS) is 1. The molecule has 0 radical (unpaired) electrons. The Balaban J connectivity index is 2.42. The second kappa shape index (κ2) is 5.39. The number of pyridine rings is 1. The number of carbonyl (C=O) groups excluding carboxylic acids is 1. The molecule has 0 fully saturated rings. The predicted molar refractivity (Wildman–Crippen MR) is 71.8 cm³/mol. The maximum absolute atomic E-state index is 13.3. The first kappa shape index (κ1) is 17.0. The van der Waals surface area contributed by atoms with Crippen LogP contribution in [0, 0.1) is 0 Å². The van der Waals surface area contributed by atoms with E-state index in [1.807, 2.05) is 0 Å². The van der Waals surface area contributed by atoms with E-state index in [1.54, 1.807) is 0 Å². The highest BCUT2D eigenvalue weighted by Crippen LogP contribution is 2.44. The predicted octanol–water partition coefficient (Wildman–Crippen LogP) is 3.13. The molecular weight excluding hydrogens is 317 g/mol. The second-order valence-corrected chi connectivity index (χ2v) is 6.13. The number of rotatable bonds is 1. The highest BCUT2D eigenvalue weighted by Gasteiger charge is 2.53. The van der Waals surface area contributed by atoms with E-state index in [2.05, 4.69) is 4.98 Å². The monoisotopic (exact) mass is 332 g/mol. The van der Waals surface area contributed by atoms with Crippen molar-refractivity contribution in [2.75, 3.05) is 0 Å². The lowest BCUT2D eigenvalue weighted by molar-refractivity contribution is -0.181. The van der Waals surface area contributed by atoms with E-state index < -0.39 is 36.4 Å². The second-order valence-electron chi connectivity index (χ2n) is 6.13. The quantitative estimate of drug-likeness (QED) is 0.854. The number of amides is 1. The SMILES string of the molecule is CC(C)(C)OC(=O)N1Cc2cc(C(=O)O)cnc2C1C(F)(F)F. The fraction of sp³-hybridized carbons (Fsp3) is 0.500. The molecule has 0 aromatic carbocycles. The average Bonchev–Trinajstić information content (AvgIpc) is 2.74. The van der Waals surface area contributed by atoms with Gasteiger partial charge in [0.05, 0.1) is 17.8 Å². The number of ether oxygens (including phenoxy) is 1. The number of hydrogen-bond acceptors (Lipinski definition) is 4. The van der Waals surface area contributed by atoms with Gasteiger partial charge in [-0.05, 0) is 32.4 Å². The van der Waals surface area contributed by atoms with Crippen LogP contribution < -0.4 is 0 Å². The number of hydrogen-bond donors (Lipinski definition) is 1. The highest BCUT2D eigenvalue weighted by molar-refractivity contribution is 5.87. The standard InChI is InChI=1S/C14H15F3N2O4/c1-13(2,3)23-12(22)19-6-8-4-7(11(20)21)5-18-9(8)10(19)14(15,16)17/h4-5,10H,6H2,1-3H3,(H,20,21). The molecular formula is C14H15F3N2O4. The van der Waals surface area contributed by atoms with E-state index in [9.17, 15) is 22.8 Å². The van der Waals surface area contributed by atoms with Gasteiger partial charge in [-0.25, -0.2) is 9.59 Å². The Morgan fingerprint density at radius 2 is 1.96 bits per heavy atom. The van der Waals surface area contributed by atoms with Crippen LogP contribution in [-0.2, 0) is 11.3 Å². The van der Waals surface area contributed by atoms with Crippen LogP contribution in [0.25, 0.3) is 0 Å². The molecule has 126 valence electrons. The van der Waals surface area contributed by atoms with E-state index in [-0.39, 0.29) is 16.8 Å². The summed E-state index contributed by atoms with van der Waals surface area (Å²) in [5, 5.41) is 8.90. The summed E-state index contributed by atoms with van der Waals surface area (Å²) >= 11 is 0. The van der Waals surface area contributed by atoms with Crippen LogP contribution in [0.2, 0.25) is 0 Å². The first-order valence-corrected chi connectivity index (χ1v) is 6.68. The summed E-state index contributed by atoms with van der Waals surface area (Å²) in [5.41, 5.74) is -1.54. The van der Waals surface area contributed by atoms with E-state index >= 15 is 0 Å². The molecule has 0 bridgehead atoms. The minimum atomic E-state index is -4.75. The lowest BCUT2D eigenvalue weighted by atomic mass is 10.1. The largest absolute Gasteiger partial charge is 0.478 e. The molecule has 1 aliphatic rings. The molecule has 1 aromatic heterocycles. The van der Waals surface area contributed by atoms with Crippen LogP contribution in [0.4, 0.5) is 18.0 Å². The fourth-order valence-electron chi connectivity index (χ4n) is 2.26. The number of carboxylic acids is 1. The molecule has 0 saturated heterocycles. The third kappa shape index (κ3) is 3.54. The van der Waals surface area contributed by atoms with E-state index in [1.165, 1.54) is 20.8 Å². The van der Waals surface area contributed by atoms with Gasteiger partial charge in [0.1, 0.15) is 5.60 Å². The van der Waals surface area contributed by atoms with Crippen molar-refractivity contribution in [3.05, 3.63) is 29.1 Å². The molecule has 0 aliphatic carbocycles. The molecule has 0 saturated carbocycles. The highest BCUT2D eigenvalue weighted by atomic mass is 19.4. The summed E-state index contributed by atoms with van der Waals surface area (Å²) < 4.78 is 45.0. The zero-order valence-electron chi connectivity index (χ0n) is 12.6. The minimum absolute atomic E-state index is 0.0399. The van der Waals surface area contributed by atoms with Crippen molar-refractivity contribution in [1.82, 2.24) is 9.88 Å². The van der Waals surface area contributed by atoms with Gasteiger partial charge in [-0.3, -0.25) is 9.88 Å². The number of halogens is 3. The average molecular weight is 332 g/mol. The van der Waals surface area contributed by atoms with Crippen molar-refractivity contribution >= 4 is 12.1 Å². The molecule has 1 aliphatic heterocycles. The molecule has 2 heterocycles. The van der Waals surface area contributed by atoms with Crippen LogP contribution in [-0.4, -0.2) is 38.8 Å². The van der Waals surface area contributed by atoms with Gasteiger partial charge in [0.15, 0.2) is 6.04 Å². The van der Waals surface area contributed by atoms with E-state index in [0.29, 0.717) is 4.90 Å². The summed E-state index contributed by atoms with van der Waals surface area (Å²) in [6, 6.07) is -1.16. The van der Waals surface area contributed by atoms with E-state index in [0.717, 1.165) is 12.3 Å². The van der Waals surface area contributed by atoms with Gasteiger partial charge in [0, 0.05) is 6.20 Å². The lowest BCUT2D eigenvalue weighted by Gasteiger charge is -2.29. The first-order valence-electron chi connectivity index (χ1n) is 6.68. The van der Waals surface area contributed by atoms with Crippen molar-refractivity contribution in [3.8, 4) is 0 Å². The van der Waals surface area contributed by atoms with Gasteiger partial charge in [0.25, 0.3) is 0 Å². The van der Waals surface area contributed by atoms with Gasteiger partial charge in [-0.2, -0.15) is 13.2 Å². The van der Waals surface area contributed by atoms with Crippen LogP contribution >= 0.6 is 0 Å². The van der Waals surface area contributed by atoms with Crippen molar-refractivity contribution in [1.29, 1.82) is 0 Å². The van der Waals surface area contributed by atoms with Gasteiger partial charge in [0.2, 0.25) is 0 Å². The van der Waals surface area contributed by atoms with Gasteiger partial charge < -0.3 is 9.84 Å². The molecule has 9 heteroatoms. The molecule has 1 N–H and O–H groups in total. The fourth-order valence-corrected chi connectivity index (χ4v) is 2.26. The van der Waals surface area contributed by atoms with E-state index in [4.69, 9.17) is 9.84 Å². The van der Waals surface area contributed by atoms with Crippen LogP contribution in [0.3, 0.4) is 0 Å². The number of alkyl halides is 3.